The SMILES string of the molecule is COC[C@H]1CN(C(=O)COc2ccccc2)Cc2ncn(CC3CC3)c21. The Balaban J connectivity index is 1.45. The van der Waals surface area contributed by atoms with Crippen molar-refractivity contribution in [3.63, 3.8) is 0 Å². The Morgan fingerprint density at radius 1 is 1.27 bits per heavy atom. The predicted octanol–water partition coefficient (Wildman–Crippen LogP) is 2.44. The van der Waals surface area contributed by atoms with Gasteiger partial charge in [-0.15, -0.1) is 0 Å². The Morgan fingerprint density at radius 3 is 2.81 bits per heavy atom. The fourth-order valence-electron chi connectivity index (χ4n) is 3.62. The Bertz CT molecular complexity index is 755. The molecule has 0 saturated heterocycles. The van der Waals surface area contributed by atoms with E-state index in [1.807, 2.05) is 41.6 Å². The van der Waals surface area contributed by atoms with Crippen LogP contribution in [0.4, 0.5) is 0 Å². The van der Waals surface area contributed by atoms with Gasteiger partial charge < -0.3 is 18.9 Å². The van der Waals surface area contributed by atoms with Gasteiger partial charge in [0.15, 0.2) is 6.61 Å². The van der Waals surface area contributed by atoms with Crippen molar-refractivity contribution in [3.05, 3.63) is 48.0 Å². The maximum atomic E-state index is 12.7. The van der Waals surface area contributed by atoms with E-state index in [0.717, 1.165) is 18.2 Å². The third-order valence-electron chi connectivity index (χ3n) is 5.10. The standard InChI is InChI=1S/C20H25N3O3/c1-25-12-16-10-22(19(24)13-26-17-5-3-2-4-6-17)11-18-20(16)23(14-21-18)9-15-7-8-15/h2-6,14-16H,7-13H2,1H3/t16-/m1/s1. The fourth-order valence-corrected chi connectivity index (χ4v) is 3.62. The van der Waals surface area contributed by atoms with Gasteiger partial charge in [-0.1, -0.05) is 18.2 Å². The van der Waals surface area contributed by atoms with E-state index in [-0.39, 0.29) is 18.4 Å². The zero-order valence-corrected chi connectivity index (χ0v) is 15.1. The summed E-state index contributed by atoms with van der Waals surface area (Å²) in [4.78, 5) is 19.1. The number of ether oxygens (including phenoxy) is 2. The number of carbonyl (C=O) groups excluding carboxylic acids is 1. The highest BCUT2D eigenvalue weighted by Gasteiger charge is 2.33. The molecule has 1 aliphatic carbocycles. The highest BCUT2D eigenvalue weighted by atomic mass is 16.5. The molecule has 4 rings (SSSR count). The van der Waals surface area contributed by atoms with E-state index in [1.165, 1.54) is 18.5 Å². The molecule has 0 unspecified atom stereocenters. The molecule has 26 heavy (non-hydrogen) atoms. The molecule has 2 aromatic rings. The number of amides is 1. The lowest BCUT2D eigenvalue weighted by atomic mass is 9.98. The fraction of sp³-hybridized carbons (Fsp3) is 0.500. The molecule has 6 heteroatoms. The molecule has 1 fully saturated rings. The summed E-state index contributed by atoms with van der Waals surface area (Å²) in [5, 5.41) is 0. The minimum atomic E-state index is -0.0163. The van der Waals surface area contributed by atoms with E-state index in [2.05, 4.69) is 9.55 Å². The molecule has 1 aromatic carbocycles. The van der Waals surface area contributed by atoms with Crippen LogP contribution in [0.3, 0.4) is 0 Å². The first-order valence-electron chi connectivity index (χ1n) is 9.23. The first-order valence-corrected chi connectivity index (χ1v) is 9.23. The molecule has 138 valence electrons. The number of rotatable bonds is 7. The van der Waals surface area contributed by atoms with E-state index in [4.69, 9.17) is 9.47 Å². The summed E-state index contributed by atoms with van der Waals surface area (Å²) in [7, 11) is 1.71. The highest BCUT2D eigenvalue weighted by molar-refractivity contribution is 5.78. The largest absolute Gasteiger partial charge is 0.484 e. The van der Waals surface area contributed by atoms with Crippen LogP contribution in [-0.4, -0.2) is 47.2 Å². The molecule has 6 nitrogen and oxygen atoms in total. The predicted molar refractivity (Wildman–Crippen MR) is 96.9 cm³/mol. The van der Waals surface area contributed by atoms with Gasteiger partial charge in [-0.05, 0) is 30.9 Å². The topological polar surface area (TPSA) is 56.6 Å². The summed E-state index contributed by atoms with van der Waals surface area (Å²) in [6, 6.07) is 9.43. The molecule has 2 heterocycles. The maximum absolute atomic E-state index is 12.7. The second kappa shape index (κ2) is 7.50. The van der Waals surface area contributed by atoms with Gasteiger partial charge in [-0.2, -0.15) is 0 Å². The molecule has 1 atom stereocenters. The number of benzene rings is 1. The molecular weight excluding hydrogens is 330 g/mol. The van der Waals surface area contributed by atoms with Crippen molar-refractivity contribution >= 4 is 5.91 Å². The van der Waals surface area contributed by atoms with E-state index < -0.39 is 0 Å². The van der Waals surface area contributed by atoms with Crippen LogP contribution in [0, 0.1) is 5.92 Å². The minimum Gasteiger partial charge on any atom is -0.484 e. The first kappa shape index (κ1) is 17.1. The molecular formula is C20H25N3O3. The average molecular weight is 355 g/mol. The third-order valence-corrected chi connectivity index (χ3v) is 5.10. The van der Waals surface area contributed by atoms with Crippen LogP contribution in [0.15, 0.2) is 36.7 Å². The summed E-state index contributed by atoms with van der Waals surface area (Å²) < 4.78 is 13.3. The summed E-state index contributed by atoms with van der Waals surface area (Å²) >= 11 is 0. The molecule has 1 saturated carbocycles. The van der Waals surface area contributed by atoms with Crippen LogP contribution in [0.25, 0.3) is 0 Å². The molecule has 0 N–H and O–H groups in total. The monoisotopic (exact) mass is 355 g/mol. The number of methoxy groups -OCH3 is 1. The Labute approximate surface area is 153 Å². The van der Waals surface area contributed by atoms with Crippen molar-refractivity contribution in [2.75, 3.05) is 26.9 Å². The summed E-state index contributed by atoms with van der Waals surface area (Å²) in [6.45, 7) is 2.86. The molecule has 2 aliphatic rings. The Morgan fingerprint density at radius 2 is 2.08 bits per heavy atom. The molecule has 1 amide bonds. The third kappa shape index (κ3) is 3.75. The van der Waals surface area contributed by atoms with Crippen LogP contribution in [-0.2, 0) is 22.6 Å². The summed E-state index contributed by atoms with van der Waals surface area (Å²) in [5.74, 6) is 1.64. The lowest BCUT2D eigenvalue weighted by molar-refractivity contribution is -0.135. The first-order chi connectivity index (χ1) is 12.7. The van der Waals surface area contributed by atoms with Gasteiger partial charge in [0.2, 0.25) is 0 Å². The van der Waals surface area contributed by atoms with E-state index in [1.54, 1.807) is 7.11 Å². The molecule has 1 aliphatic heterocycles. The number of fused-ring (bicyclic) bond motifs is 1. The van der Waals surface area contributed by atoms with Gasteiger partial charge in [0.1, 0.15) is 5.75 Å². The molecule has 0 radical (unpaired) electrons. The molecule has 0 spiro atoms. The van der Waals surface area contributed by atoms with Crippen molar-refractivity contribution in [3.8, 4) is 5.75 Å². The normalized spacial score (nSPS) is 19.3. The number of imidazole rings is 1. The zero-order chi connectivity index (χ0) is 17.9. The number of carbonyl (C=O) groups is 1. The van der Waals surface area contributed by atoms with Gasteiger partial charge >= 0.3 is 0 Å². The lowest BCUT2D eigenvalue weighted by Crippen LogP contribution is -2.42. The smallest absolute Gasteiger partial charge is 0.260 e. The molecule has 0 bridgehead atoms. The second-order valence-corrected chi connectivity index (χ2v) is 7.20. The maximum Gasteiger partial charge on any atom is 0.260 e. The van der Waals surface area contributed by atoms with Crippen LogP contribution < -0.4 is 4.74 Å². The average Bonchev–Trinajstić information content (AvgIpc) is 3.39. The van der Waals surface area contributed by atoms with Crippen LogP contribution in [0.5, 0.6) is 5.75 Å². The number of hydrogen-bond donors (Lipinski definition) is 0. The molecule has 1 aromatic heterocycles. The van der Waals surface area contributed by atoms with Crippen molar-refractivity contribution in [1.82, 2.24) is 14.5 Å². The van der Waals surface area contributed by atoms with Gasteiger partial charge in [0.05, 0.1) is 25.2 Å². The van der Waals surface area contributed by atoms with Gasteiger partial charge in [-0.3, -0.25) is 4.79 Å². The van der Waals surface area contributed by atoms with Crippen LogP contribution in [0.1, 0.15) is 30.1 Å². The zero-order valence-electron chi connectivity index (χ0n) is 15.1. The van der Waals surface area contributed by atoms with Crippen molar-refractivity contribution in [1.29, 1.82) is 0 Å². The van der Waals surface area contributed by atoms with E-state index in [9.17, 15) is 4.79 Å². The Kier molecular flexibility index (Phi) is 4.93. The van der Waals surface area contributed by atoms with E-state index in [0.29, 0.717) is 25.4 Å². The lowest BCUT2D eigenvalue weighted by Gasteiger charge is -2.33. The minimum absolute atomic E-state index is 0.0163. The van der Waals surface area contributed by atoms with E-state index >= 15 is 0 Å². The van der Waals surface area contributed by atoms with Crippen LogP contribution in [0.2, 0.25) is 0 Å². The number of hydrogen-bond acceptors (Lipinski definition) is 4. The summed E-state index contributed by atoms with van der Waals surface area (Å²) in [5.41, 5.74) is 2.23. The number of aromatic nitrogens is 2. The van der Waals surface area contributed by atoms with Gasteiger partial charge in [0.25, 0.3) is 5.91 Å². The van der Waals surface area contributed by atoms with Gasteiger partial charge in [0, 0.05) is 31.8 Å². The van der Waals surface area contributed by atoms with Crippen molar-refractivity contribution in [2.45, 2.75) is 31.8 Å². The Hall–Kier alpha value is -2.34. The van der Waals surface area contributed by atoms with Crippen molar-refractivity contribution < 1.29 is 14.3 Å². The second-order valence-electron chi connectivity index (χ2n) is 7.20. The quantitative estimate of drug-likeness (QED) is 0.765. The van der Waals surface area contributed by atoms with Crippen LogP contribution >= 0.6 is 0 Å². The summed E-state index contributed by atoms with van der Waals surface area (Å²) in [6.07, 6.45) is 4.55. The highest BCUT2D eigenvalue weighted by Crippen LogP contribution is 2.34. The number of nitrogens with zero attached hydrogens (tertiary/aromatic N) is 3. The van der Waals surface area contributed by atoms with Gasteiger partial charge in [-0.25, -0.2) is 4.98 Å². The number of para-hydroxylation sites is 1. The van der Waals surface area contributed by atoms with Crippen molar-refractivity contribution in [2.24, 2.45) is 5.92 Å².